The van der Waals surface area contributed by atoms with Gasteiger partial charge < -0.3 is 20.7 Å². The first-order valence-corrected chi connectivity index (χ1v) is 10.7. The highest BCUT2D eigenvalue weighted by Crippen LogP contribution is 2.18. The highest BCUT2D eigenvalue weighted by atomic mass is 35.5. The third-order valence-corrected chi connectivity index (χ3v) is 5.14. The molecule has 0 heterocycles. The van der Waals surface area contributed by atoms with Gasteiger partial charge >= 0.3 is 0 Å². The molecule has 0 bridgehead atoms. The predicted octanol–water partition coefficient (Wildman–Crippen LogP) is 4.59. The molecule has 0 saturated heterocycles. The summed E-state index contributed by atoms with van der Waals surface area (Å²) in [5.41, 5.74) is 8.27. The number of hydrogen-bond donors (Lipinski definition) is 2. The fourth-order valence-corrected chi connectivity index (χ4v) is 3.44. The van der Waals surface area contributed by atoms with Crippen molar-refractivity contribution in [3.8, 4) is 5.75 Å². The quantitative estimate of drug-likeness (QED) is 0.498. The lowest BCUT2D eigenvalue weighted by atomic mass is 10.1. The Morgan fingerprint density at radius 2 is 1.75 bits per heavy atom. The number of rotatable bonds is 9. The number of nitrogens with zero attached hydrogens (tertiary/aromatic N) is 1. The summed E-state index contributed by atoms with van der Waals surface area (Å²) in [4.78, 5) is 27.4. The van der Waals surface area contributed by atoms with Crippen LogP contribution >= 0.6 is 11.6 Å². The van der Waals surface area contributed by atoms with E-state index in [1.165, 1.54) is 0 Å². The molecule has 32 heavy (non-hydrogen) atoms. The van der Waals surface area contributed by atoms with E-state index in [2.05, 4.69) is 5.32 Å². The number of halogens is 1. The maximum Gasteiger partial charge on any atom is 0.255 e. The predicted molar refractivity (Wildman–Crippen MR) is 127 cm³/mol. The standard InChI is InChI=1S/C25H26ClN3O3/c1-32-23-11-9-19(10-12-23)25(31)29(14-4-13-27)17-18-5-2-8-22(15-18)28-24(30)20-6-3-7-21(26)16-20/h2-3,5-12,15-16H,4,13-14,17,27H2,1H3,(H,28,30). The van der Waals surface area contributed by atoms with Crippen molar-refractivity contribution in [1.82, 2.24) is 4.90 Å². The number of nitrogens with two attached hydrogens (primary N) is 1. The lowest BCUT2D eigenvalue weighted by Crippen LogP contribution is -2.32. The van der Waals surface area contributed by atoms with Gasteiger partial charge in [-0.2, -0.15) is 0 Å². The monoisotopic (exact) mass is 451 g/mol. The molecule has 3 aromatic rings. The number of benzene rings is 3. The molecule has 0 unspecified atom stereocenters. The van der Waals surface area contributed by atoms with Crippen LogP contribution in [0.1, 0.15) is 32.7 Å². The highest BCUT2D eigenvalue weighted by Gasteiger charge is 2.16. The van der Waals surface area contributed by atoms with Crippen LogP contribution in [0.4, 0.5) is 5.69 Å². The number of methoxy groups -OCH3 is 1. The van der Waals surface area contributed by atoms with Crippen LogP contribution in [-0.4, -0.2) is 36.9 Å². The van der Waals surface area contributed by atoms with E-state index in [9.17, 15) is 9.59 Å². The van der Waals surface area contributed by atoms with Gasteiger partial charge in [0, 0.05) is 34.9 Å². The van der Waals surface area contributed by atoms with Crippen molar-refractivity contribution in [3.63, 3.8) is 0 Å². The molecule has 3 aromatic carbocycles. The minimum atomic E-state index is -0.251. The average molecular weight is 452 g/mol. The summed E-state index contributed by atoms with van der Waals surface area (Å²) < 4.78 is 5.17. The van der Waals surface area contributed by atoms with Crippen molar-refractivity contribution in [2.45, 2.75) is 13.0 Å². The van der Waals surface area contributed by atoms with Crippen LogP contribution in [0, 0.1) is 0 Å². The van der Waals surface area contributed by atoms with Gasteiger partial charge in [-0.15, -0.1) is 0 Å². The van der Waals surface area contributed by atoms with Crippen molar-refractivity contribution in [3.05, 3.63) is 94.5 Å². The van der Waals surface area contributed by atoms with Gasteiger partial charge in [0.2, 0.25) is 0 Å². The number of nitrogens with one attached hydrogen (secondary N) is 1. The summed E-state index contributed by atoms with van der Waals surface area (Å²) in [5.74, 6) is 0.353. The Balaban J connectivity index is 1.74. The van der Waals surface area contributed by atoms with E-state index in [4.69, 9.17) is 22.1 Å². The number of carbonyl (C=O) groups is 2. The summed E-state index contributed by atoms with van der Waals surface area (Å²) in [5, 5.41) is 3.38. The molecule has 0 radical (unpaired) electrons. The van der Waals surface area contributed by atoms with Gasteiger partial charge in [0.1, 0.15) is 5.75 Å². The van der Waals surface area contributed by atoms with E-state index in [0.717, 1.165) is 5.56 Å². The van der Waals surface area contributed by atoms with E-state index >= 15 is 0 Å². The third kappa shape index (κ3) is 6.33. The summed E-state index contributed by atoms with van der Waals surface area (Å²) in [6.07, 6.45) is 0.688. The largest absolute Gasteiger partial charge is 0.497 e. The van der Waals surface area contributed by atoms with Crippen molar-refractivity contribution in [1.29, 1.82) is 0 Å². The minimum Gasteiger partial charge on any atom is -0.497 e. The first-order valence-electron chi connectivity index (χ1n) is 10.3. The highest BCUT2D eigenvalue weighted by molar-refractivity contribution is 6.31. The zero-order valence-corrected chi connectivity index (χ0v) is 18.6. The molecule has 0 aliphatic carbocycles. The van der Waals surface area contributed by atoms with Crippen molar-refractivity contribution in [2.75, 3.05) is 25.5 Å². The van der Waals surface area contributed by atoms with Crippen LogP contribution in [0.5, 0.6) is 5.75 Å². The van der Waals surface area contributed by atoms with Gasteiger partial charge in [0.25, 0.3) is 11.8 Å². The van der Waals surface area contributed by atoms with Crippen LogP contribution in [0.2, 0.25) is 5.02 Å². The Kier molecular flexibility index (Phi) is 8.25. The summed E-state index contributed by atoms with van der Waals surface area (Å²) in [6, 6.07) is 21.2. The average Bonchev–Trinajstić information content (AvgIpc) is 2.81. The maximum atomic E-state index is 13.1. The Labute approximate surface area is 192 Å². The molecular formula is C25H26ClN3O3. The van der Waals surface area contributed by atoms with Gasteiger partial charge in [-0.05, 0) is 73.1 Å². The van der Waals surface area contributed by atoms with Crippen LogP contribution in [0.15, 0.2) is 72.8 Å². The molecule has 0 aliphatic rings. The summed E-state index contributed by atoms with van der Waals surface area (Å²) in [6.45, 7) is 1.41. The SMILES string of the molecule is COc1ccc(C(=O)N(CCCN)Cc2cccc(NC(=O)c3cccc(Cl)c3)c2)cc1. The second-order valence-corrected chi connectivity index (χ2v) is 7.70. The van der Waals surface area contributed by atoms with Crippen LogP contribution in [-0.2, 0) is 6.54 Å². The van der Waals surface area contributed by atoms with Gasteiger partial charge in [0.05, 0.1) is 7.11 Å². The normalized spacial score (nSPS) is 10.5. The molecule has 3 rings (SSSR count). The fourth-order valence-electron chi connectivity index (χ4n) is 3.25. The summed E-state index contributed by atoms with van der Waals surface area (Å²) in [7, 11) is 1.59. The molecule has 0 spiro atoms. The smallest absolute Gasteiger partial charge is 0.255 e. The maximum absolute atomic E-state index is 13.1. The molecule has 0 aromatic heterocycles. The van der Waals surface area contributed by atoms with Gasteiger partial charge in [-0.25, -0.2) is 0 Å². The van der Waals surface area contributed by atoms with E-state index in [1.807, 2.05) is 24.3 Å². The first kappa shape index (κ1) is 23.3. The Bertz CT molecular complexity index is 1070. The number of carbonyl (C=O) groups excluding carboxylic acids is 2. The molecule has 2 amide bonds. The fraction of sp³-hybridized carbons (Fsp3) is 0.200. The second-order valence-electron chi connectivity index (χ2n) is 7.26. The Morgan fingerprint density at radius 1 is 1.00 bits per heavy atom. The lowest BCUT2D eigenvalue weighted by Gasteiger charge is -2.23. The number of ether oxygens (including phenoxy) is 1. The molecular weight excluding hydrogens is 426 g/mol. The molecule has 0 atom stereocenters. The molecule has 0 aliphatic heterocycles. The van der Waals surface area contributed by atoms with Crippen LogP contribution in [0.3, 0.4) is 0 Å². The molecule has 0 saturated carbocycles. The van der Waals surface area contributed by atoms with Gasteiger partial charge in [-0.3, -0.25) is 9.59 Å². The molecule has 166 valence electrons. The molecule has 0 fully saturated rings. The van der Waals surface area contributed by atoms with Crippen LogP contribution in [0.25, 0.3) is 0 Å². The Morgan fingerprint density at radius 3 is 2.44 bits per heavy atom. The van der Waals surface area contributed by atoms with Crippen molar-refractivity contribution < 1.29 is 14.3 Å². The topological polar surface area (TPSA) is 84.7 Å². The molecule has 7 heteroatoms. The second kappa shape index (κ2) is 11.3. The van der Waals surface area contributed by atoms with E-state index in [1.54, 1.807) is 60.5 Å². The van der Waals surface area contributed by atoms with Crippen LogP contribution < -0.4 is 15.8 Å². The zero-order valence-electron chi connectivity index (χ0n) is 17.9. The lowest BCUT2D eigenvalue weighted by molar-refractivity contribution is 0.0742. The zero-order chi connectivity index (χ0) is 22.9. The molecule has 6 nitrogen and oxygen atoms in total. The number of amides is 2. The number of hydrogen-bond acceptors (Lipinski definition) is 4. The Hall–Kier alpha value is -3.35. The van der Waals surface area contributed by atoms with Crippen molar-refractivity contribution >= 4 is 29.1 Å². The van der Waals surface area contributed by atoms with E-state index in [0.29, 0.717) is 53.6 Å². The van der Waals surface area contributed by atoms with Crippen molar-refractivity contribution in [2.24, 2.45) is 5.73 Å². The summed E-state index contributed by atoms with van der Waals surface area (Å²) >= 11 is 5.98. The van der Waals surface area contributed by atoms with E-state index < -0.39 is 0 Å². The first-order chi connectivity index (χ1) is 15.5. The minimum absolute atomic E-state index is 0.0885. The van der Waals surface area contributed by atoms with E-state index in [-0.39, 0.29) is 11.8 Å². The third-order valence-electron chi connectivity index (χ3n) is 4.90. The van der Waals surface area contributed by atoms with Gasteiger partial charge in [-0.1, -0.05) is 29.8 Å². The molecule has 3 N–H and O–H groups in total. The van der Waals surface area contributed by atoms with Gasteiger partial charge in [0.15, 0.2) is 0 Å². The number of anilines is 1.